The number of ether oxygens (including phenoxy) is 1. The highest BCUT2D eigenvalue weighted by Crippen LogP contribution is 2.20. The normalized spacial score (nSPS) is 10.3. The van der Waals surface area contributed by atoms with Gasteiger partial charge in [0.15, 0.2) is 5.11 Å². The maximum atomic E-state index is 12.9. The number of aryl methyl sites for hydroxylation is 2. The van der Waals surface area contributed by atoms with Crippen LogP contribution in [0, 0.1) is 13.8 Å². The molecule has 0 atom stereocenters. The van der Waals surface area contributed by atoms with Gasteiger partial charge in [0.2, 0.25) is 0 Å². The van der Waals surface area contributed by atoms with Crippen LogP contribution < -0.4 is 20.7 Å². The second-order valence-corrected chi connectivity index (χ2v) is 8.35. The Morgan fingerprint density at radius 2 is 1.68 bits per heavy atom. The Kier molecular flexibility index (Phi) is 8.76. The standard InChI is InChI=1S/C27H29N3O3S/c1-4-5-15-33-22-10-8-9-20(17-22)25(31)30-27(34)29-24-12-7-6-11-23(24)26(32)28-21-14-13-18(2)19(3)16-21/h6-14,16-17H,4-5,15H2,1-3H3,(H,28,32)(H2,29,30,31,34). The molecule has 0 heterocycles. The van der Waals surface area contributed by atoms with Gasteiger partial charge in [-0.3, -0.25) is 14.9 Å². The van der Waals surface area contributed by atoms with E-state index in [4.69, 9.17) is 17.0 Å². The topological polar surface area (TPSA) is 79.5 Å². The average Bonchev–Trinajstić information content (AvgIpc) is 2.82. The number of hydrogen-bond donors (Lipinski definition) is 3. The lowest BCUT2D eigenvalue weighted by atomic mass is 10.1. The van der Waals surface area contributed by atoms with Crippen LogP contribution in [0.2, 0.25) is 0 Å². The van der Waals surface area contributed by atoms with Crippen molar-refractivity contribution < 1.29 is 14.3 Å². The van der Waals surface area contributed by atoms with Crippen molar-refractivity contribution in [3.05, 3.63) is 89.0 Å². The van der Waals surface area contributed by atoms with Crippen LogP contribution in [0.1, 0.15) is 51.6 Å². The number of unbranched alkanes of at least 4 members (excludes halogenated alkanes) is 1. The van der Waals surface area contributed by atoms with Crippen LogP contribution in [0.25, 0.3) is 0 Å². The van der Waals surface area contributed by atoms with E-state index in [2.05, 4.69) is 22.9 Å². The summed E-state index contributed by atoms with van der Waals surface area (Å²) in [5, 5.41) is 8.63. The number of anilines is 2. The number of benzene rings is 3. The Labute approximate surface area is 205 Å². The van der Waals surface area contributed by atoms with Gasteiger partial charge in [0, 0.05) is 11.3 Å². The van der Waals surface area contributed by atoms with Crippen molar-refractivity contribution in [3.63, 3.8) is 0 Å². The third kappa shape index (κ3) is 6.89. The van der Waals surface area contributed by atoms with Gasteiger partial charge in [-0.05, 0) is 86.1 Å². The van der Waals surface area contributed by atoms with Crippen LogP contribution >= 0.6 is 12.2 Å². The second kappa shape index (κ2) is 12.0. The fourth-order valence-corrected chi connectivity index (χ4v) is 3.40. The first-order valence-corrected chi connectivity index (χ1v) is 11.6. The van der Waals surface area contributed by atoms with Gasteiger partial charge < -0.3 is 15.4 Å². The Balaban J connectivity index is 1.65. The van der Waals surface area contributed by atoms with Crippen molar-refractivity contribution in [1.82, 2.24) is 5.32 Å². The maximum absolute atomic E-state index is 12.9. The molecule has 3 aromatic rings. The van der Waals surface area contributed by atoms with E-state index < -0.39 is 0 Å². The van der Waals surface area contributed by atoms with Crippen LogP contribution in [0.15, 0.2) is 66.7 Å². The predicted molar refractivity (Wildman–Crippen MR) is 141 cm³/mol. The zero-order valence-corrected chi connectivity index (χ0v) is 20.4. The van der Waals surface area contributed by atoms with Crippen molar-refractivity contribution in [3.8, 4) is 5.75 Å². The highest BCUT2D eigenvalue weighted by molar-refractivity contribution is 7.80. The molecule has 0 fully saturated rings. The second-order valence-electron chi connectivity index (χ2n) is 7.94. The Morgan fingerprint density at radius 1 is 0.882 bits per heavy atom. The molecule has 0 aliphatic rings. The monoisotopic (exact) mass is 475 g/mol. The summed E-state index contributed by atoms with van der Waals surface area (Å²) in [7, 11) is 0. The molecule has 0 aliphatic heterocycles. The SMILES string of the molecule is CCCCOc1cccc(C(=O)NC(=S)Nc2ccccc2C(=O)Nc2ccc(C)c(C)c2)c1. The number of hydrogen-bond acceptors (Lipinski definition) is 4. The number of carbonyl (C=O) groups is 2. The number of para-hydroxylation sites is 1. The molecule has 3 N–H and O–H groups in total. The molecule has 176 valence electrons. The van der Waals surface area contributed by atoms with Crippen LogP contribution in [0.5, 0.6) is 5.75 Å². The maximum Gasteiger partial charge on any atom is 0.257 e. The molecule has 6 nitrogen and oxygen atoms in total. The Hall–Kier alpha value is -3.71. The van der Waals surface area contributed by atoms with Gasteiger partial charge in [0.25, 0.3) is 11.8 Å². The zero-order valence-electron chi connectivity index (χ0n) is 19.6. The minimum atomic E-state index is -0.365. The summed E-state index contributed by atoms with van der Waals surface area (Å²) in [5.74, 6) is -0.0127. The van der Waals surface area contributed by atoms with Crippen molar-refractivity contribution in [2.45, 2.75) is 33.6 Å². The molecule has 3 aromatic carbocycles. The number of carbonyl (C=O) groups excluding carboxylic acids is 2. The van der Waals surface area contributed by atoms with Gasteiger partial charge >= 0.3 is 0 Å². The lowest BCUT2D eigenvalue weighted by Gasteiger charge is -2.14. The molecular formula is C27H29N3O3S. The molecule has 0 saturated carbocycles. The van der Waals surface area contributed by atoms with E-state index in [9.17, 15) is 9.59 Å². The molecule has 34 heavy (non-hydrogen) atoms. The number of thiocarbonyl (C=S) groups is 1. The first kappa shape index (κ1) is 24.9. The molecule has 3 rings (SSSR count). The zero-order chi connectivity index (χ0) is 24.5. The predicted octanol–water partition coefficient (Wildman–Crippen LogP) is 5.86. The number of rotatable bonds is 8. The van der Waals surface area contributed by atoms with Crippen LogP contribution in [-0.4, -0.2) is 23.5 Å². The van der Waals surface area contributed by atoms with E-state index in [1.165, 1.54) is 0 Å². The highest BCUT2D eigenvalue weighted by Gasteiger charge is 2.14. The highest BCUT2D eigenvalue weighted by atomic mass is 32.1. The van der Waals surface area contributed by atoms with Gasteiger partial charge in [-0.15, -0.1) is 0 Å². The summed E-state index contributed by atoms with van der Waals surface area (Å²) in [6.45, 7) is 6.70. The number of nitrogens with one attached hydrogen (secondary N) is 3. The summed E-state index contributed by atoms with van der Waals surface area (Å²) in [6, 6.07) is 19.7. The molecule has 2 amide bonds. The first-order valence-electron chi connectivity index (χ1n) is 11.2. The lowest BCUT2D eigenvalue weighted by molar-refractivity contribution is 0.0976. The van der Waals surface area contributed by atoms with Crippen LogP contribution in [-0.2, 0) is 0 Å². The third-order valence-electron chi connectivity index (χ3n) is 5.27. The summed E-state index contributed by atoms with van der Waals surface area (Å²) in [6.07, 6.45) is 1.98. The molecule has 0 unspecified atom stereocenters. The van der Waals surface area contributed by atoms with Gasteiger partial charge in [-0.2, -0.15) is 0 Å². The summed E-state index contributed by atoms with van der Waals surface area (Å²) in [4.78, 5) is 25.6. The lowest BCUT2D eigenvalue weighted by Crippen LogP contribution is -2.34. The number of amides is 2. The quantitative estimate of drug-likeness (QED) is 0.281. The van der Waals surface area contributed by atoms with Gasteiger partial charge in [-0.25, -0.2) is 0 Å². The minimum Gasteiger partial charge on any atom is -0.494 e. The molecular weight excluding hydrogens is 446 g/mol. The average molecular weight is 476 g/mol. The van der Waals surface area contributed by atoms with E-state index in [1.807, 2.05) is 38.1 Å². The molecule has 7 heteroatoms. The molecule has 0 aliphatic carbocycles. The van der Waals surface area contributed by atoms with E-state index >= 15 is 0 Å². The summed E-state index contributed by atoms with van der Waals surface area (Å²) >= 11 is 5.33. The van der Waals surface area contributed by atoms with Gasteiger partial charge in [0.05, 0.1) is 17.9 Å². The fraction of sp³-hybridized carbons (Fsp3) is 0.222. The minimum absolute atomic E-state index is 0.0914. The van der Waals surface area contributed by atoms with Crippen molar-refractivity contribution in [1.29, 1.82) is 0 Å². The van der Waals surface area contributed by atoms with Crippen LogP contribution in [0.4, 0.5) is 11.4 Å². The van der Waals surface area contributed by atoms with E-state index in [0.717, 1.165) is 24.0 Å². The molecule has 0 bridgehead atoms. The van der Waals surface area contributed by atoms with Gasteiger partial charge in [0.1, 0.15) is 5.75 Å². The largest absolute Gasteiger partial charge is 0.494 e. The van der Waals surface area contributed by atoms with Gasteiger partial charge in [-0.1, -0.05) is 37.6 Å². The van der Waals surface area contributed by atoms with E-state index in [1.54, 1.807) is 42.5 Å². The van der Waals surface area contributed by atoms with Crippen molar-refractivity contribution in [2.24, 2.45) is 0 Å². The molecule has 0 aromatic heterocycles. The van der Waals surface area contributed by atoms with E-state index in [0.29, 0.717) is 34.9 Å². The Bertz CT molecular complexity index is 1190. The summed E-state index contributed by atoms with van der Waals surface area (Å²) in [5.41, 5.74) is 4.28. The molecule has 0 radical (unpaired) electrons. The fourth-order valence-electron chi connectivity index (χ4n) is 3.20. The van der Waals surface area contributed by atoms with Crippen LogP contribution in [0.3, 0.4) is 0 Å². The Morgan fingerprint density at radius 3 is 2.44 bits per heavy atom. The van der Waals surface area contributed by atoms with E-state index in [-0.39, 0.29) is 16.9 Å². The van der Waals surface area contributed by atoms with Crippen molar-refractivity contribution >= 4 is 40.5 Å². The smallest absolute Gasteiger partial charge is 0.257 e. The first-order chi connectivity index (χ1) is 16.4. The summed E-state index contributed by atoms with van der Waals surface area (Å²) < 4.78 is 5.67. The van der Waals surface area contributed by atoms with Crippen molar-refractivity contribution in [2.75, 3.05) is 17.2 Å². The molecule has 0 spiro atoms. The third-order valence-corrected chi connectivity index (χ3v) is 5.48. The molecule has 0 saturated heterocycles.